The molecule has 1 aliphatic heterocycles. The van der Waals surface area contributed by atoms with Crippen LogP contribution < -0.4 is 5.32 Å². The Morgan fingerprint density at radius 1 is 1.11 bits per heavy atom. The second kappa shape index (κ2) is 5.78. The quantitative estimate of drug-likeness (QED) is 0.660. The molecule has 3 fully saturated rings. The molecule has 2 bridgehead atoms. The van der Waals surface area contributed by atoms with E-state index in [1.54, 1.807) is 6.92 Å². The maximum Gasteiger partial charge on any atom is 0.247 e. The molecular formula is C22H24N2O3. The number of aryl methyl sites for hydroxylation is 1. The molecule has 1 N–H and O–H groups in total. The van der Waals surface area contributed by atoms with Crippen molar-refractivity contribution in [1.82, 2.24) is 4.90 Å². The van der Waals surface area contributed by atoms with Gasteiger partial charge in [-0.25, -0.2) is 0 Å². The molecule has 1 heterocycles. The van der Waals surface area contributed by atoms with Crippen LogP contribution in [0.4, 0.5) is 5.69 Å². The number of rotatable bonds is 4. The number of carbonyl (C=O) groups excluding carboxylic acids is 3. The lowest BCUT2D eigenvalue weighted by atomic mass is 9.63. The van der Waals surface area contributed by atoms with Crippen molar-refractivity contribution in [2.75, 3.05) is 5.32 Å². The van der Waals surface area contributed by atoms with E-state index in [1.165, 1.54) is 4.90 Å². The monoisotopic (exact) mass is 364 g/mol. The topological polar surface area (TPSA) is 66.5 Å². The van der Waals surface area contributed by atoms with Crippen LogP contribution in [-0.4, -0.2) is 28.7 Å². The second-order valence-electron chi connectivity index (χ2n) is 8.38. The molecular weight excluding hydrogens is 340 g/mol. The Balaban J connectivity index is 1.38. The summed E-state index contributed by atoms with van der Waals surface area (Å²) in [6, 6.07) is 6.83. The van der Waals surface area contributed by atoms with E-state index in [0.717, 1.165) is 24.1 Å². The molecule has 4 aliphatic carbocycles. The van der Waals surface area contributed by atoms with Gasteiger partial charge in [-0.05, 0) is 55.1 Å². The second-order valence-corrected chi connectivity index (χ2v) is 8.38. The summed E-state index contributed by atoms with van der Waals surface area (Å²) < 4.78 is 0. The van der Waals surface area contributed by atoms with E-state index in [0.29, 0.717) is 11.8 Å². The molecule has 1 aromatic carbocycles. The number of benzene rings is 1. The van der Waals surface area contributed by atoms with Gasteiger partial charge >= 0.3 is 0 Å². The van der Waals surface area contributed by atoms with E-state index in [-0.39, 0.29) is 41.4 Å². The summed E-state index contributed by atoms with van der Waals surface area (Å²) in [6.07, 6.45) is 6.24. The molecule has 0 unspecified atom stereocenters. The van der Waals surface area contributed by atoms with Gasteiger partial charge < -0.3 is 5.32 Å². The van der Waals surface area contributed by atoms with Gasteiger partial charge in [0.1, 0.15) is 6.04 Å². The third-order valence-corrected chi connectivity index (χ3v) is 7.12. The zero-order valence-electron chi connectivity index (χ0n) is 15.6. The van der Waals surface area contributed by atoms with Crippen molar-refractivity contribution in [3.8, 4) is 0 Å². The molecule has 3 amide bonds. The van der Waals surface area contributed by atoms with Crippen molar-refractivity contribution in [3.05, 3.63) is 42.0 Å². The van der Waals surface area contributed by atoms with Gasteiger partial charge in [0, 0.05) is 5.69 Å². The highest BCUT2D eigenvalue weighted by molar-refractivity contribution is 6.10. The minimum atomic E-state index is -0.795. The molecule has 6 rings (SSSR count). The number of nitrogens with zero attached hydrogens (tertiary/aromatic N) is 1. The Kier molecular flexibility index (Phi) is 3.58. The number of anilines is 1. The summed E-state index contributed by atoms with van der Waals surface area (Å²) in [6.45, 7) is 3.69. The first-order chi connectivity index (χ1) is 13.0. The molecule has 5 heteroatoms. The smallest absolute Gasteiger partial charge is 0.247 e. The van der Waals surface area contributed by atoms with E-state index >= 15 is 0 Å². The van der Waals surface area contributed by atoms with Crippen molar-refractivity contribution in [1.29, 1.82) is 0 Å². The third kappa shape index (κ3) is 2.27. The van der Waals surface area contributed by atoms with E-state index in [9.17, 15) is 14.4 Å². The first kappa shape index (κ1) is 16.7. The highest BCUT2D eigenvalue weighted by Gasteiger charge is 2.67. The summed E-state index contributed by atoms with van der Waals surface area (Å²) in [5.74, 6) is 0.384. The summed E-state index contributed by atoms with van der Waals surface area (Å²) in [7, 11) is 0. The highest BCUT2D eigenvalue weighted by Crippen LogP contribution is 2.65. The molecule has 7 atom stereocenters. The Morgan fingerprint density at radius 3 is 2.30 bits per heavy atom. The van der Waals surface area contributed by atoms with Crippen LogP contribution in [0.2, 0.25) is 0 Å². The average Bonchev–Trinajstić information content (AvgIpc) is 3.45. The van der Waals surface area contributed by atoms with E-state index in [4.69, 9.17) is 0 Å². The van der Waals surface area contributed by atoms with Crippen LogP contribution in [0.1, 0.15) is 25.8 Å². The van der Waals surface area contributed by atoms with E-state index in [1.807, 2.05) is 31.2 Å². The number of carbonyl (C=O) groups is 3. The number of nitrogens with one attached hydrogen (secondary N) is 1. The van der Waals surface area contributed by atoms with Crippen molar-refractivity contribution >= 4 is 23.4 Å². The van der Waals surface area contributed by atoms with Crippen LogP contribution in [0, 0.1) is 35.5 Å². The lowest BCUT2D eigenvalue weighted by Gasteiger charge is -2.37. The maximum absolute atomic E-state index is 13.1. The molecule has 2 saturated carbocycles. The number of allylic oxidation sites excluding steroid dienone is 2. The van der Waals surface area contributed by atoms with Gasteiger partial charge in [0.25, 0.3) is 0 Å². The van der Waals surface area contributed by atoms with Gasteiger partial charge in [0.15, 0.2) is 0 Å². The molecule has 27 heavy (non-hydrogen) atoms. The Hall–Kier alpha value is -2.43. The van der Waals surface area contributed by atoms with Crippen molar-refractivity contribution in [3.63, 3.8) is 0 Å². The van der Waals surface area contributed by atoms with Crippen molar-refractivity contribution in [2.45, 2.75) is 32.7 Å². The Morgan fingerprint density at radius 2 is 1.70 bits per heavy atom. The minimum absolute atomic E-state index is 0.152. The summed E-state index contributed by atoms with van der Waals surface area (Å²) >= 11 is 0. The molecule has 0 spiro atoms. The minimum Gasteiger partial charge on any atom is -0.324 e. The zero-order chi connectivity index (χ0) is 18.9. The highest BCUT2D eigenvalue weighted by atomic mass is 16.2. The SMILES string of the molecule is CCc1ccccc1NC(=O)[C@H](C)N1C(=O)[C@@H]2[C@H]3C=C[C@@H]([C@@H]4C[C@H]34)[C@H]2C1=O. The Labute approximate surface area is 158 Å². The van der Waals surface area contributed by atoms with Gasteiger partial charge in [-0.3, -0.25) is 19.3 Å². The fourth-order valence-electron chi connectivity index (χ4n) is 5.67. The third-order valence-electron chi connectivity index (χ3n) is 7.12. The molecule has 1 saturated heterocycles. The molecule has 5 nitrogen and oxygen atoms in total. The first-order valence-corrected chi connectivity index (χ1v) is 9.97. The number of imide groups is 1. The molecule has 1 aromatic rings. The fourth-order valence-corrected chi connectivity index (χ4v) is 5.67. The van der Waals surface area contributed by atoms with Gasteiger partial charge in [0.2, 0.25) is 17.7 Å². The predicted octanol–water partition coefficient (Wildman–Crippen LogP) is 2.63. The lowest BCUT2D eigenvalue weighted by molar-refractivity contribution is -0.146. The van der Waals surface area contributed by atoms with Crippen LogP contribution in [0.15, 0.2) is 36.4 Å². The van der Waals surface area contributed by atoms with Crippen LogP contribution in [0.25, 0.3) is 0 Å². The van der Waals surface area contributed by atoms with E-state index < -0.39 is 6.04 Å². The Bertz CT molecular complexity index is 840. The number of para-hydroxylation sites is 1. The first-order valence-electron chi connectivity index (χ1n) is 9.97. The van der Waals surface area contributed by atoms with Crippen molar-refractivity contribution < 1.29 is 14.4 Å². The van der Waals surface area contributed by atoms with Gasteiger partial charge in [0.05, 0.1) is 11.8 Å². The number of hydrogen-bond donors (Lipinski definition) is 1. The van der Waals surface area contributed by atoms with Gasteiger partial charge in [-0.1, -0.05) is 37.3 Å². The molecule has 0 radical (unpaired) electrons. The van der Waals surface area contributed by atoms with Crippen LogP contribution in [0.3, 0.4) is 0 Å². The van der Waals surface area contributed by atoms with Gasteiger partial charge in [-0.2, -0.15) is 0 Å². The van der Waals surface area contributed by atoms with E-state index in [2.05, 4.69) is 17.5 Å². The normalized spacial score (nSPS) is 36.4. The van der Waals surface area contributed by atoms with Crippen molar-refractivity contribution in [2.24, 2.45) is 35.5 Å². The standard InChI is InChI=1S/C22H24N2O3/c1-3-12-6-4-5-7-17(12)23-20(25)11(2)24-21(26)18-13-8-9-14(16-10-15(13)16)19(18)22(24)27/h4-9,11,13-16,18-19H,3,10H2,1-2H3,(H,23,25)/t11-,13-,14-,15-,16+,18+,19+/m0/s1. The number of amides is 3. The molecule has 0 aromatic heterocycles. The number of likely N-dealkylation sites (tertiary alicyclic amines) is 1. The molecule has 5 aliphatic rings. The van der Waals surface area contributed by atoms with Crippen LogP contribution in [-0.2, 0) is 20.8 Å². The average molecular weight is 364 g/mol. The largest absolute Gasteiger partial charge is 0.324 e. The summed E-state index contributed by atoms with van der Waals surface area (Å²) in [5, 5.41) is 2.92. The molecule has 140 valence electrons. The van der Waals surface area contributed by atoms with Crippen LogP contribution >= 0.6 is 0 Å². The maximum atomic E-state index is 13.1. The van der Waals surface area contributed by atoms with Gasteiger partial charge in [-0.15, -0.1) is 0 Å². The number of hydrogen-bond acceptors (Lipinski definition) is 3. The van der Waals surface area contributed by atoms with Crippen LogP contribution in [0.5, 0.6) is 0 Å². The summed E-state index contributed by atoms with van der Waals surface area (Å²) in [5.41, 5.74) is 1.78. The zero-order valence-corrected chi connectivity index (χ0v) is 15.6. The summed E-state index contributed by atoms with van der Waals surface area (Å²) in [4.78, 5) is 40.3. The lowest BCUT2D eigenvalue weighted by Crippen LogP contribution is -2.46. The predicted molar refractivity (Wildman–Crippen MR) is 100 cm³/mol. The fraction of sp³-hybridized carbons (Fsp3) is 0.500.